The van der Waals surface area contributed by atoms with E-state index >= 15 is 0 Å². The second-order valence-electron chi connectivity index (χ2n) is 8.79. The van der Waals surface area contributed by atoms with E-state index in [-0.39, 0.29) is 23.6 Å². The third kappa shape index (κ3) is 5.74. The van der Waals surface area contributed by atoms with Gasteiger partial charge in [-0.25, -0.2) is 15.0 Å². The number of fused-ring (bicyclic) bond motifs is 1. The van der Waals surface area contributed by atoms with Gasteiger partial charge in [0.15, 0.2) is 11.5 Å². The molecule has 1 N–H and O–H groups in total. The molecule has 3 heterocycles. The van der Waals surface area contributed by atoms with Gasteiger partial charge in [-0.2, -0.15) is 13.2 Å². The number of nitrogens with zero attached hydrogens (tertiary/aromatic N) is 4. The Hall–Kier alpha value is -3.59. The minimum atomic E-state index is -4.56. The maximum atomic E-state index is 13.6. The van der Waals surface area contributed by atoms with Gasteiger partial charge < -0.3 is 10.1 Å². The first-order chi connectivity index (χ1) is 16.6. The average Bonchev–Trinajstić information content (AvgIpc) is 2.80. The second-order valence-corrected chi connectivity index (χ2v) is 8.79. The minimum Gasteiger partial charge on any atom is -0.373 e. The van der Waals surface area contributed by atoms with Crippen molar-refractivity contribution < 1.29 is 17.9 Å². The molecule has 182 valence electrons. The quantitative estimate of drug-likeness (QED) is 0.319. The van der Waals surface area contributed by atoms with Gasteiger partial charge in [0, 0.05) is 18.5 Å². The van der Waals surface area contributed by atoms with Gasteiger partial charge in [0.2, 0.25) is 0 Å². The summed E-state index contributed by atoms with van der Waals surface area (Å²) < 4.78 is 46.4. The van der Waals surface area contributed by atoms with Crippen molar-refractivity contribution in [2.24, 2.45) is 5.92 Å². The standard InChI is InChI=1S/C26H26F3N5O/c1-15(2)13-35-14-22-33-24(31-18-8-7-16(3)17(4)12-18)19-9-10-21(32-25(19)34-22)23-20(26(27,28)29)6-5-11-30-23/h5-12,15H,13-14H2,1-4H3,(H,31,32,33,34). The summed E-state index contributed by atoms with van der Waals surface area (Å²) in [6.07, 6.45) is -3.24. The predicted molar refractivity (Wildman–Crippen MR) is 129 cm³/mol. The van der Waals surface area contributed by atoms with Crippen LogP contribution in [-0.2, 0) is 17.5 Å². The van der Waals surface area contributed by atoms with Crippen LogP contribution >= 0.6 is 0 Å². The van der Waals surface area contributed by atoms with Crippen molar-refractivity contribution in [2.75, 3.05) is 11.9 Å². The number of alkyl halides is 3. The first-order valence-electron chi connectivity index (χ1n) is 11.2. The van der Waals surface area contributed by atoms with E-state index in [0.29, 0.717) is 29.6 Å². The monoisotopic (exact) mass is 481 g/mol. The Balaban J connectivity index is 1.80. The first-order valence-corrected chi connectivity index (χ1v) is 11.2. The lowest BCUT2D eigenvalue weighted by Crippen LogP contribution is -2.10. The van der Waals surface area contributed by atoms with Crippen LogP contribution in [0.15, 0.2) is 48.7 Å². The Morgan fingerprint density at radius 3 is 2.49 bits per heavy atom. The molecule has 1 aromatic carbocycles. The number of benzene rings is 1. The maximum Gasteiger partial charge on any atom is 0.418 e. The van der Waals surface area contributed by atoms with E-state index in [4.69, 9.17) is 4.74 Å². The van der Waals surface area contributed by atoms with E-state index < -0.39 is 11.7 Å². The van der Waals surface area contributed by atoms with Crippen LogP contribution in [0.3, 0.4) is 0 Å². The topological polar surface area (TPSA) is 72.8 Å². The normalized spacial score (nSPS) is 11.9. The number of pyridine rings is 2. The molecule has 3 aromatic heterocycles. The lowest BCUT2D eigenvalue weighted by atomic mass is 10.1. The van der Waals surface area contributed by atoms with E-state index in [9.17, 15) is 13.2 Å². The number of rotatable bonds is 7. The zero-order valence-corrected chi connectivity index (χ0v) is 19.9. The number of nitrogens with one attached hydrogen (secondary N) is 1. The Bertz CT molecular complexity index is 1350. The van der Waals surface area contributed by atoms with Crippen LogP contribution in [0.5, 0.6) is 0 Å². The molecule has 0 aliphatic rings. The molecule has 0 aliphatic carbocycles. The van der Waals surface area contributed by atoms with Crippen molar-refractivity contribution in [1.82, 2.24) is 19.9 Å². The van der Waals surface area contributed by atoms with Gasteiger partial charge >= 0.3 is 6.18 Å². The van der Waals surface area contributed by atoms with Crippen LogP contribution in [0, 0.1) is 19.8 Å². The molecule has 9 heteroatoms. The third-order valence-corrected chi connectivity index (χ3v) is 5.41. The Kier molecular flexibility index (Phi) is 6.98. The fourth-order valence-corrected chi connectivity index (χ4v) is 3.53. The van der Waals surface area contributed by atoms with Crippen molar-refractivity contribution >= 4 is 22.5 Å². The molecule has 4 aromatic rings. The van der Waals surface area contributed by atoms with Crippen LogP contribution in [0.4, 0.5) is 24.7 Å². The molecule has 6 nitrogen and oxygen atoms in total. The molecule has 0 atom stereocenters. The number of hydrogen-bond acceptors (Lipinski definition) is 6. The van der Waals surface area contributed by atoms with Crippen LogP contribution in [0.25, 0.3) is 22.4 Å². The van der Waals surface area contributed by atoms with Gasteiger partial charge in [0.25, 0.3) is 0 Å². The molecular formula is C26H26F3N5O. The summed E-state index contributed by atoms with van der Waals surface area (Å²) in [5.74, 6) is 1.21. The first kappa shape index (κ1) is 24.5. The van der Waals surface area contributed by atoms with E-state index in [1.54, 1.807) is 6.07 Å². The van der Waals surface area contributed by atoms with Crippen molar-refractivity contribution in [3.63, 3.8) is 0 Å². The van der Waals surface area contributed by atoms with Crippen molar-refractivity contribution in [1.29, 1.82) is 0 Å². The van der Waals surface area contributed by atoms with Gasteiger partial charge in [-0.1, -0.05) is 19.9 Å². The molecule has 0 fully saturated rings. The predicted octanol–water partition coefficient (Wildman–Crippen LogP) is 6.64. The zero-order chi connectivity index (χ0) is 25.2. The highest BCUT2D eigenvalue weighted by atomic mass is 19.4. The fraction of sp³-hybridized carbons (Fsp3) is 0.308. The largest absolute Gasteiger partial charge is 0.418 e. The summed E-state index contributed by atoms with van der Waals surface area (Å²) in [4.78, 5) is 17.5. The van der Waals surface area contributed by atoms with Crippen molar-refractivity contribution in [2.45, 2.75) is 40.5 Å². The van der Waals surface area contributed by atoms with E-state index in [2.05, 4.69) is 25.3 Å². The lowest BCUT2D eigenvalue weighted by molar-refractivity contribution is -0.137. The summed E-state index contributed by atoms with van der Waals surface area (Å²) in [5, 5.41) is 3.88. The SMILES string of the molecule is Cc1ccc(Nc2nc(COCC(C)C)nc3nc(-c4ncccc4C(F)(F)F)ccc23)cc1C. The van der Waals surface area contributed by atoms with Crippen molar-refractivity contribution in [3.05, 3.63) is 71.2 Å². The molecule has 35 heavy (non-hydrogen) atoms. The number of aryl methyl sites for hydroxylation is 2. The zero-order valence-electron chi connectivity index (χ0n) is 19.9. The minimum absolute atomic E-state index is 0.0790. The van der Waals surface area contributed by atoms with E-state index in [1.807, 2.05) is 45.9 Å². The van der Waals surface area contributed by atoms with Crippen LogP contribution < -0.4 is 5.32 Å². The van der Waals surface area contributed by atoms with E-state index in [1.165, 1.54) is 18.3 Å². The summed E-state index contributed by atoms with van der Waals surface area (Å²) in [5.41, 5.74) is 2.34. The highest BCUT2D eigenvalue weighted by Gasteiger charge is 2.34. The molecule has 0 spiro atoms. The number of halogens is 3. The summed E-state index contributed by atoms with van der Waals surface area (Å²) in [7, 11) is 0. The molecule has 0 unspecified atom stereocenters. The van der Waals surface area contributed by atoms with Crippen LogP contribution in [-0.4, -0.2) is 26.5 Å². The number of hydrogen-bond donors (Lipinski definition) is 1. The smallest absolute Gasteiger partial charge is 0.373 e. The maximum absolute atomic E-state index is 13.6. The highest BCUT2D eigenvalue weighted by Crippen LogP contribution is 2.36. The molecular weight excluding hydrogens is 455 g/mol. The van der Waals surface area contributed by atoms with Gasteiger partial charge in [0.1, 0.15) is 18.1 Å². The summed E-state index contributed by atoms with van der Waals surface area (Å²) in [6, 6.07) is 11.4. The van der Waals surface area contributed by atoms with Crippen LogP contribution in [0.2, 0.25) is 0 Å². The lowest BCUT2D eigenvalue weighted by Gasteiger charge is -2.14. The molecule has 0 saturated carbocycles. The summed E-state index contributed by atoms with van der Waals surface area (Å²) >= 11 is 0. The molecule has 4 rings (SSSR count). The van der Waals surface area contributed by atoms with Gasteiger partial charge in [-0.3, -0.25) is 4.98 Å². The van der Waals surface area contributed by atoms with E-state index in [0.717, 1.165) is 22.9 Å². The van der Waals surface area contributed by atoms with Gasteiger partial charge in [0.05, 0.1) is 16.6 Å². The Morgan fingerprint density at radius 2 is 1.77 bits per heavy atom. The third-order valence-electron chi connectivity index (χ3n) is 5.41. The van der Waals surface area contributed by atoms with Gasteiger partial charge in [-0.15, -0.1) is 0 Å². The number of ether oxygens (including phenoxy) is 1. The molecule has 0 aliphatic heterocycles. The molecule has 0 radical (unpaired) electrons. The fourth-order valence-electron chi connectivity index (χ4n) is 3.53. The highest BCUT2D eigenvalue weighted by molar-refractivity contribution is 5.90. The molecule has 0 saturated heterocycles. The second kappa shape index (κ2) is 9.95. The number of aromatic nitrogens is 4. The van der Waals surface area contributed by atoms with Crippen molar-refractivity contribution in [3.8, 4) is 11.4 Å². The Labute approximate surface area is 201 Å². The number of anilines is 2. The van der Waals surface area contributed by atoms with Crippen LogP contribution in [0.1, 0.15) is 36.4 Å². The summed E-state index contributed by atoms with van der Waals surface area (Å²) in [6.45, 7) is 8.79. The average molecular weight is 482 g/mol. The Morgan fingerprint density at radius 1 is 0.971 bits per heavy atom. The molecule has 0 amide bonds. The van der Waals surface area contributed by atoms with Gasteiger partial charge in [-0.05, 0) is 67.3 Å². The molecule has 0 bridgehead atoms.